The van der Waals surface area contributed by atoms with Crippen molar-refractivity contribution in [1.82, 2.24) is 0 Å². The van der Waals surface area contributed by atoms with Gasteiger partial charge in [0, 0.05) is 0 Å². The molecule has 74 valence electrons. The van der Waals surface area contributed by atoms with Gasteiger partial charge in [0.15, 0.2) is 0 Å². The lowest BCUT2D eigenvalue weighted by Gasteiger charge is -2.02. The maximum atomic E-state index is 8.89. The van der Waals surface area contributed by atoms with Crippen molar-refractivity contribution in [3.8, 4) is 6.07 Å². The molecule has 2 nitrogen and oxygen atoms in total. The normalized spacial score (nSPS) is 12.1. The van der Waals surface area contributed by atoms with Crippen LogP contribution in [0.25, 0.3) is 5.70 Å². The number of allylic oxidation sites excluding steroid dienone is 1. The van der Waals surface area contributed by atoms with E-state index in [0.29, 0.717) is 22.7 Å². The summed E-state index contributed by atoms with van der Waals surface area (Å²) in [7, 11) is 0. The maximum Gasteiger partial charge on any atom is 0.0969 e. The Morgan fingerprint density at radius 2 is 2.43 bits per heavy atom. The first-order valence-electron chi connectivity index (χ1n) is 4.32. The fraction of sp³-hybridized carbons (Fsp3) is 0.300. The first-order chi connectivity index (χ1) is 6.70. The molecule has 4 heteroatoms. The minimum Gasteiger partial charge on any atom is -0.397 e. The summed E-state index contributed by atoms with van der Waals surface area (Å²) in [5.41, 5.74) is 7.01. The predicted molar refractivity (Wildman–Crippen MR) is 61.0 cm³/mol. The van der Waals surface area contributed by atoms with E-state index in [1.54, 1.807) is 6.07 Å². The molecule has 0 spiro atoms. The SMILES string of the molecule is CCC/C(C#N)=C(/N)c1sccc1Cl. The van der Waals surface area contributed by atoms with Crippen LogP contribution >= 0.6 is 22.9 Å². The summed E-state index contributed by atoms with van der Waals surface area (Å²) in [6.45, 7) is 2.01. The highest BCUT2D eigenvalue weighted by atomic mass is 35.5. The van der Waals surface area contributed by atoms with E-state index in [2.05, 4.69) is 6.07 Å². The topological polar surface area (TPSA) is 49.8 Å². The van der Waals surface area contributed by atoms with Crippen LogP contribution in [0.1, 0.15) is 24.6 Å². The molecule has 0 saturated heterocycles. The van der Waals surface area contributed by atoms with E-state index in [4.69, 9.17) is 22.6 Å². The van der Waals surface area contributed by atoms with Crippen molar-refractivity contribution >= 4 is 28.6 Å². The van der Waals surface area contributed by atoms with E-state index in [0.717, 1.165) is 11.3 Å². The Kier molecular flexibility index (Phi) is 3.99. The number of rotatable bonds is 3. The Morgan fingerprint density at radius 1 is 1.71 bits per heavy atom. The first kappa shape index (κ1) is 11.1. The lowest BCUT2D eigenvalue weighted by molar-refractivity contribution is 0.929. The maximum absolute atomic E-state index is 8.89. The number of halogens is 1. The molecule has 0 aromatic carbocycles. The van der Waals surface area contributed by atoms with Crippen LogP contribution < -0.4 is 5.73 Å². The molecule has 0 unspecified atom stereocenters. The number of hydrogen-bond donors (Lipinski definition) is 1. The largest absolute Gasteiger partial charge is 0.397 e. The Bertz CT molecular complexity index is 387. The fourth-order valence-corrected chi connectivity index (χ4v) is 2.27. The molecule has 0 bridgehead atoms. The van der Waals surface area contributed by atoms with E-state index < -0.39 is 0 Å². The molecular formula is C10H11ClN2S. The van der Waals surface area contributed by atoms with Crippen molar-refractivity contribution in [2.75, 3.05) is 0 Å². The summed E-state index contributed by atoms with van der Waals surface area (Å²) in [6, 6.07) is 3.91. The summed E-state index contributed by atoms with van der Waals surface area (Å²) < 4.78 is 0. The zero-order valence-corrected chi connectivity index (χ0v) is 9.45. The summed E-state index contributed by atoms with van der Waals surface area (Å²) in [4.78, 5) is 0.802. The van der Waals surface area contributed by atoms with Crippen molar-refractivity contribution in [1.29, 1.82) is 5.26 Å². The second-order valence-corrected chi connectivity index (χ2v) is 4.18. The number of hydrogen-bond acceptors (Lipinski definition) is 3. The van der Waals surface area contributed by atoms with Crippen LogP contribution in [-0.2, 0) is 0 Å². The van der Waals surface area contributed by atoms with Crippen LogP contribution in [0.5, 0.6) is 0 Å². The minimum atomic E-state index is 0.523. The highest BCUT2D eigenvalue weighted by molar-refractivity contribution is 7.11. The number of nitriles is 1. The highest BCUT2D eigenvalue weighted by Crippen LogP contribution is 2.29. The van der Waals surface area contributed by atoms with Gasteiger partial charge in [-0.25, -0.2) is 0 Å². The number of nitrogens with zero attached hydrogens (tertiary/aromatic N) is 1. The van der Waals surface area contributed by atoms with Gasteiger partial charge < -0.3 is 5.73 Å². The molecule has 0 fully saturated rings. The lowest BCUT2D eigenvalue weighted by Crippen LogP contribution is -1.99. The third-order valence-corrected chi connectivity index (χ3v) is 3.20. The van der Waals surface area contributed by atoms with Crippen LogP contribution in [0.3, 0.4) is 0 Å². The van der Waals surface area contributed by atoms with Crippen molar-refractivity contribution in [2.24, 2.45) is 5.73 Å². The van der Waals surface area contributed by atoms with Gasteiger partial charge >= 0.3 is 0 Å². The molecule has 0 aliphatic rings. The zero-order valence-electron chi connectivity index (χ0n) is 7.88. The van der Waals surface area contributed by atoms with Gasteiger partial charge in [0.1, 0.15) is 0 Å². The van der Waals surface area contributed by atoms with E-state index in [9.17, 15) is 0 Å². The van der Waals surface area contributed by atoms with Crippen LogP contribution in [0.15, 0.2) is 17.0 Å². The van der Waals surface area contributed by atoms with Gasteiger partial charge in [-0.05, 0) is 17.9 Å². The molecule has 14 heavy (non-hydrogen) atoms. The summed E-state index contributed by atoms with van der Waals surface area (Å²) >= 11 is 7.38. The van der Waals surface area contributed by atoms with E-state index in [-0.39, 0.29) is 0 Å². The third-order valence-electron chi connectivity index (χ3n) is 1.82. The molecule has 1 heterocycles. The smallest absolute Gasteiger partial charge is 0.0969 e. The Labute approximate surface area is 92.6 Å². The molecule has 0 aliphatic carbocycles. The van der Waals surface area contributed by atoms with E-state index in [1.807, 2.05) is 12.3 Å². The zero-order chi connectivity index (χ0) is 10.6. The quantitative estimate of drug-likeness (QED) is 0.804. The minimum absolute atomic E-state index is 0.523. The van der Waals surface area contributed by atoms with Crippen molar-refractivity contribution in [3.05, 3.63) is 26.9 Å². The fourth-order valence-electron chi connectivity index (χ4n) is 1.12. The molecule has 0 radical (unpaired) electrons. The second kappa shape index (κ2) is 5.04. The van der Waals surface area contributed by atoms with Crippen LogP contribution in [0.4, 0.5) is 0 Å². The van der Waals surface area contributed by atoms with Crippen LogP contribution in [-0.4, -0.2) is 0 Å². The Morgan fingerprint density at radius 3 is 2.86 bits per heavy atom. The number of nitrogens with two attached hydrogens (primary N) is 1. The molecule has 0 saturated carbocycles. The summed E-state index contributed by atoms with van der Waals surface area (Å²) in [6.07, 6.45) is 1.61. The van der Waals surface area contributed by atoms with Crippen LogP contribution in [0.2, 0.25) is 5.02 Å². The predicted octanol–water partition coefficient (Wildman–Crippen LogP) is 3.39. The van der Waals surface area contributed by atoms with Gasteiger partial charge in [-0.3, -0.25) is 0 Å². The van der Waals surface area contributed by atoms with Gasteiger partial charge in [-0.1, -0.05) is 24.9 Å². The average molecular weight is 227 g/mol. The molecular weight excluding hydrogens is 216 g/mol. The van der Waals surface area contributed by atoms with Gasteiger partial charge in [0.05, 0.1) is 27.2 Å². The highest BCUT2D eigenvalue weighted by Gasteiger charge is 2.09. The van der Waals surface area contributed by atoms with Gasteiger partial charge in [0.25, 0.3) is 0 Å². The molecule has 0 amide bonds. The summed E-state index contributed by atoms with van der Waals surface area (Å²) in [5.74, 6) is 0. The molecule has 0 atom stereocenters. The third kappa shape index (κ3) is 2.28. The Hall–Kier alpha value is -0.980. The van der Waals surface area contributed by atoms with Gasteiger partial charge in [0.2, 0.25) is 0 Å². The van der Waals surface area contributed by atoms with E-state index >= 15 is 0 Å². The average Bonchev–Trinajstić information content (AvgIpc) is 2.59. The molecule has 2 N–H and O–H groups in total. The molecule has 1 aromatic heterocycles. The Balaban J connectivity index is 3.09. The monoisotopic (exact) mass is 226 g/mol. The molecule has 1 aromatic rings. The molecule has 1 rings (SSSR count). The van der Waals surface area contributed by atoms with E-state index in [1.165, 1.54) is 11.3 Å². The van der Waals surface area contributed by atoms with Crippen molar-refractivity contribution < 1.29 is 0 Å². The lowest BCUT2D eigenvalue weighted by atomic mass is 10.1. The molecule has 0 aliphatic heterocycles. The van der Waals surface area contributed by atoms with Crippen LogP contribution in [0, 0.1) is 11.3 Å². The summed E-state index contributed by atoms with van der Waals surface area (Å²) in [5, 5.41) is 11.4. The second-order valence-electron chi connectivity index (χ2n) is 2.85. The van der Waals surface area contributed by atoms with Crippen molar-refractivity contribution in [3.63, 3.8) is 0 Å². The number of thiophene rings is 1. The van der Waals surface area contributed by atoms with Gasteiger partial charge in [-0.15, -0.1) is 11.3 Å². The standard InChI is InChI=1S/C10H11ClN2S/c1-2-3-7(6-12)9(13)10-8(11)4-5-14-10/h4-5H,2-3,13H2,1H3/b9-7-. The first-order valence-corrected chi connectivity index (χ1v) is 5.58. The van der Waals surface area contributed by atoms with Crippen molar-refractivity contribution in [2.45, 2.75) is 19.8 Å². The van der Waals surface area contributed by atoms with Gasteiger partial charge in [-0.2, -0.15) is 5.26 Å².